The van der Waals surface area contributed by atoms with Crippen molar-refractivity contribution in [3.63, 3.8) is 0 Å². The van der Waals surface area contributed by atoms with Crippen LogP contribution in [-0.4, -0.2) is 24.5 Å². The van der Waals surface area contributed by atoms with Gasteiger partial charge in [0.05, 0.1) is 5.69 Å². The fraction of sp³-hybridized carbons (Fsp3) is 0.214. The number of aromatic nitrogens is 5. The Bertz CT molecular complexity index is 719. The lowest BCUT2D eigenvalue weighted by molar-refractivity contribution is 0.684. The number of nitrogens with one attached hydrogen (secondary N) is 1. The molecule has 0 saturated carbocycles. The number of hydrogen-bond acceptors (Lipinski definition) is 4. The zero-order valence-corrected chi connectivity index (χ0v) is 13.2. The highest BCUT2D eigenvalue weighted by Crippen LogP contribution is 2.15. The molecule has 108 valence electrons. The van der Waals surface area contributed by atoms with Crippen molar-refractivity contribution in [1.82, 2.24) is 29.9 Å². The van der Waals surface area contributed by atoms with Crippen LogP contribution < -0.4 is 5.32 Å². The van der Waals surface area contributed by atoms with Gasteiger partial charge in [-0.05, 0) is 27.6 Å². The van der Waals surface area contributed by atoms with Crippen molar-refractivity contribution in [2.24, 2.45) is 7.05 Å². The maximum absolute atomic E-state index is 4.27. The van der Waals surface area contributed by atoms with Gasteiger partial charge in [-0.2, -0.15) is 10.2 Å². The molecular formula is C14H15BrN6. The third kappa shape index (κ3) is 3.20. The van der Waals surface area contributed by atoms with Crippen LogP contribution in [0.1, 0.15) is 11.1 Å². The number of halogens is 1. The van der Waals surface area contributed by atoms with Crippen LogP contribution in [0.3, 0.4) is 0 Å². The fourth-order valence-electron chi connectivity index (χ4n) is 2.18. The van der Waals surface area contributed by atoms with E-state index < -0.39 is 0 Å². The first-order chi connectivity index (χ1) is 10.2. The molecular weight excluding hydrogens is 332 g/mol. The first-order valence-electron chi connectivity index (χ1n) is 6.55. The summed E-state index contributed by atoms with van der Waals surface area (Å²) < 4.78 is 4.45. The molecule has 1 N–H and O–H groups in total. The molecule has 0 aliphatic carbocycles. The van der Waals surface area contributed by atoms with Gasteiger partial charge in [0.1, 0.15) is 17.3 Å². The molecule has 2 aromatic heterocycles. The monoisotopic (exact) mass is 346 g/mol. The van der Waals surface area contributed by atoms with Crippen molar-refractivity contribution in [3.05, 3.63) is 58.8 Å². The van der Waals surface area contributed by atoms with E-state index in [2.05, 4.69) is 42.5 Å². The normalized spacial score (nSPS) is 11.0. The molecule has 0 amide bonds. The third-order valence-corrected chi connectivity index (χ3v) is 3.81. The number of hydrogen-bond donors (Lipinski definition) is 1. The van der Waals surface area contributed by atoms with E-state index in [-0.39, 0.29) is 0 Å². The molecule has 1 aromatic carbocycles. The molecule has 0 unspecified atom stereocenters. The maximum atomic E-state index is 4.27. The van der Waals surface area contributed by atoms with Crippen molar-refractivity contribution in [3.8, 4) is 5.69 Å². The van der Waals surface area contributed by atoms with Crippen molar-refractivity contribution >= 4 is 15.9 Å². The lowest BCUT2D eigenvalue weighted by Crippen LogP contribution is -2.14. The van der Waals surface area contributed by atoms with E-state index >= 15 is 0 Å². The molecule has 0 radical (unpaired) electrons. The van der Waals surface area contributed by atoms with Crippen LogP contribution in [0.15, 0.2) is 47.7 Å². The van der Waals surface area contributed by atoms with Gasteiger partial charge >= 0.3 is 0 Å². The minimum atomic E-state index is 0.747. The largest absolute Gasteiger partial charge is 0.308 e. The van der Waals surface area contributed by atoms with Gasteiger partial charge in [0, 0.05) is 31.9 Å². The van der Waals surface area contributed by atoms with Crippen LogP contribution in [0.2, 0.25) is 0 Å². The Balaban J connectivity index is 1.70. The van der Waals surface area contributed by atoms with Gasteiger partial charge in [0.15, 0.2) is 0 Å². The molecule has 0 atom stereocenters. The lowest BCUT2D eigenvalue weighted by Gasteiger charge is -2.09. The Hall–Kier alpha value is -1.99. The van der Waals surface area contributed by atoms with Crippen LogP contribution in [0.5, 0.6) is 0 Å². The van der Waals surface area contributed by atoms with Crippen LogP contribution in [0.25, 0.3) is 5.69 Å². The first-order valence-corrected chi connectivity index (χ1v) is 7.35. The Labute approximate surface area is 130 Å². The number of para-hydroxylation sites is 1. The molecule has 21 heavy (non-hydrogen) atoms. The third-order valence-electron chi connectivity index (χ3n) is 3.14. The minimum Gasteiger partial charge on any atom is -0.308 e. The molecule has 0 bridgehead atoms. The van der Waals surface area contributed by atoms with Crippen LogP contribution >= 0.6 is 15.9 Å². The van der Waals surface area contributed by atoms with Gasteiger partial charge < -0.3 is 5.32 Å². The SMILES string of the molecule is Cn1cc(CNCc2ccccc2-n2cncn2)c(Br)n1. The average molecular weight is 347 g/mol. The summed E-state index contributed by atoms with van der Waals surface area (Å²) in [5, 5.41) is 11.9. The van der Waals surface area contributed by atoms with E-state index in [1.165, 1.54) is 11.9 Å². The molecule has 0 aliphatic rings. The van der Waals surface area contributed by atoms with Gasteiger partial charge in [0.25, 0.3) is 0 Å². The van der Waals surface area contributed by atoms with Crippen molar-refractivity contribution < 1.29 is 0 Å². The minimum absolute atomic E-state index is 0.747. The molecule has 0 fully saturated rings. The summed E-state index contributed by atoms with van der Waals surface area (Å²) >= 11 is 3.46. The highest BCUT2D eigenvalue weighted by atomic mass is 79.9. The summed E-state index contributed by atoms with van der Waals surface area (Å²) in [5.74, 6) is 0. The summed E-state index contributed by atoms with van der Waals surface area (Å²) in [6.07, 6.45) is 5.24. The number of nitrogens with zero attached hydrogens (tertiary/aromatic N) is 5. The van der Waals surface area contributed by atoms with Crippen molar-refractivity contribution in [2.45, 2.75) is 13.1 Å². The fourth-order valence-corrected chi connectivity index (χ4v) is 2.67. The second-order valence-electron chi connectivity index (χ2n) is 4.69. The molecule has 3 aromatic rings. The second-order valence-corrected chi connectivity index (χ2v) is 5.44. The predicted molar refractivity (Wildman–Crippen MR) is 82.8 cm³/mol. The topological polar surface area (TPSA) is 60.6 Å². The second kappa shape index (κ2) is 6.19. The molecule has 0 saturated heterocycles. The molecule has 0 spiro atoms. The molecule has 3 rings (SSSR count). The molecule has 6 nitrogen and oxygen atoms in total. The van der Waals surface area contributed by atoms with Gasteiger partial charge in [-0.1, -0.05) is 18.2 Å². The van der Waals surface area contributed by atoms with Gasteiger partial charge in [-0.3, -0.25) is 4.68 Å². The highest BCUT2D eigenvalue weighted by molar-refractivity contribution is 9.10. The highest BCUT2D eigenvalue weighted by Gasteiger charge is 2.06. The van der Waals surface area contributed by atoms with E-state index in [0.717, 1.165) is 28.9 Å². The summed E-state index contributed by atoms with van der Waals surface area (Å²) in [6, 6.07) is 8.14. The average Bonchev–Trinajstić information content (AvgIpc) is 3.10. The van der Waals surface area contributed by atoms with E-state index in [0.29, 0.717) is 0 Å². The summed E-state index contributed by atoms with van der Waals surface area (Å²) in [7, 11) is 1.91. The van der Waals surface area contributed by atoms with Crippen LogP contribution in [-0.2, 0) is 20.1 Å². The van der Waals surface area contributed by atoms with Crippen LogP contribution in [0, 0.1) is 0 Å². The summed E-state index contributed by atoms with van der Waals surface area (Å²) in [6.45, 7) is 1.50. The van der Waals surface area contributed by atoms with Gasteiger partial charge in [-0.25, -0.2) is 9.67 Å². The number of aryl methyl sites for hydroxylation is 1. The predicted octanol–water partition coefficient (Wildman–Crippen LogP) is 2.05. The molecule has 2 heterocycles. The molecule has 0 aliphatic heterocycles. The Kier molecular flexibility index (Phi) is 4.12. The van der Waals surface area contributed by atoms with E-state index in [1.54, 1.807) is 15.7 Å². The lowest BCUT2D eigenvalue weighted by atomic mass is 10.1. The van der Waals surface area contributed by atoms with Crippen molar-refractivity contribution in [1.29, 1.82) is 0 Å². The zero-order valence-electron chi connectivity index (χ0n) is 11.6. The van der Waals surface area contributed by atoms with Gasteiger partial charge in [-0.15, -0.1) is 0 Å². The Morgan fingerprint density at radius 2 is 2.00 bits per heavy atom. The maximum Gasteiger partial charge on any atom is 0.138 e. The van der Waals surface area contributed by atoms with E-state index in [4.69, 9.17) is 0 Å². The first kappa shape index (κ1) is 14.0. The van der Waals surface area contributed by atoms with E-state index in [1.807, 2.05) is 31.4 Å². The molecule has 7 heteroatoms. The zero-order chi connectivity index (χ0) is 14.7. The van der Waals surface area contributed by atoms with Crippen molar-refractivity contribution in [2.75, 3.05) is 0 Å². The van der Waals surface area contributed by atoms with E-state index in [9.17, 15) is 0 Å². The Morgan fingerprint density at radius 3 is 2.71 bits per heavy atom. The number of rotatable bonds is 5. The Morgan fingerprint density at radius 1 is 1.19 bits per heavy atom. The summed E-state index contributed by atoms with van der Waals surface area (Å²) in [5.41, 5.74) is 3.34. The quantitative estimate of drug-likeness (QED) is 0.768. The summed E-state index contributed by atoms with van der Waals surface area (Å²) in [4.78, 5) is 4.00. The standard InChI is InChI=1S/C14H15BrN6/c1-20-8-12(14(15)19-20)7-16-6-11-4-2-3-5-13(11)21-10-17-9-18-21/h2-5,8-10,16H,6-7H2,1H3. The van der Waals surface area contributed by atoms with Gasteiger partial charge in [0.2, 0.25) is 0 Å². The van der Waals surface area contributed by atoms with Crippen LogP contribution in [0.4, 0.5) is 0 Å². The number of benzene rings is 1. The smallest absolute Gasteiger partial charge is 0.138 e.